The summed E-state index contributed by atoms with van der Waals surface area (Å²) in [5.74, 6) is 0.438. The highest BCUT2D eigenvalue weighted by atomic mass is 32.1. The van der Waals surface area contributed by atoms with Gasteiger partial charge in [-0.2, -0.15) is 0 Å². The Morgan fingerprint density at radius 2 is 2.07 bits per heavy atom. The van der Waals surface area contributed by atoms with Crippen LogP contribution in [-0.2, 0) is 11.2 Å². The molecular weight excluding hydrogens is 373 g/mol. The van der Waals surface area contributed by atoms with Crippen molar-refractivity contribution in [1.29, 1.82) is 0 Å². The first kappa shape index (κ1) is 17.9. The SMILES string of the molecule is O=C(Cc1cc2cc(-c3cncs3)ccc2cn1)C1CC2(C1)CN(CCF)C2. The highest BCUT2D eigenvalue weighted by molar-refractivity contribution is 7.13. The molecule has 28 heavy (non-hydrogen) atoms. The summed E-state index contributed by atoms with van der Waals surface area (Å²) in [5, 5.41) is 2.18. The minimum Gasteiger partial charge on any atom is -0.300 e. The number of thiazole rings is 1. The Balaban J connectivity index is 1.25. The third kappa shape index (κ3) is 3.25. The number of pyridine rings is 1. The molecule has 1 aliphatic carbocycles. The number of fused-ring (bicyclic) bond motifs is 1. The second-order valence-corrected chi connectivity index (χ2v) is 9.14. The van der Waals surface area contributed by atoms with Gasteiger partial charge >= 0.3 is 0 Å². The number of Topliss-reactive ketones (excluding diaryl/α,β-unsaturated/α-hetero) is 1. The van der Waals surface area contributed by atoms with Crippen LogP contribution in [0, 0.1) is 11.3 Å². The molecule has 4 nitrogen and oxygen atoms in total. The van der Waals surface area contributed by atoms with Gasteiger partial charge < -0.3 is 0 Å². The van der Waals surface area contributed by atoms with Gasteiger partial charge in [-0.25, -0.2) is 4.39 Å². The van der Waals surface area contributed by atoms with Crippen molar-refractivity contribution in [2.24, 2.45) is 11.3 Å². The van der Waals surface area contributed by atoms with Crippen LogP contribution in [0.4, 0.5) is 4.39 Å². The summed E-state index contributed by atoms with van der Waals surface area (Å²) in [5.41, 5.74) is 4.10. The number of hydrogen-bond donors (Lipinski definition) is 0. The van der Waals surface area contributed by atoms with Gasteiger partial charge in [-0.05, 0) is 41.3 Å². The van der Waals surface area contributed by atoms with Crippen LogP contribution in [0.2, 0.25) is 0 Å². The van der Waals surface area contributed by atoms with Crippen molar-refractivity contribution in [3.05, 3.63) is 47.9 Å². The number of nitrogens with zero attached hydrogens (tertiary/aromatic N) is 3. The van der Waals surface area contributed by atoms with Gasteiger partial charge in [0.05, 0.1) is 10.4 Å². The smallest absolute Gasteiger partial charge is 0.141 e. The molecule has 1 aromatic carbocycles. The lowest BCUT2D eigenvalue weighted by atomic mass is 9.56. The maximum atomic E-state index is 12.7. The van der Waals surface area contributed by atoms with E-state index in [1.165, 1.54) is 0 Å². The van der Waals surface area contributed by atoms with Gasteiger partial charge in [0.15, 0.2) is 0 Å². The van der Waals surface area contributed by atoms with Crippen molar-refractivity contribution in [3.8, 4) is 10.4 Å². The van der Waals surface area contributed by atoms with E-state index in [2.05, 4.69) is 33.1 Å². The van der Waals surface area contributed by atoms with Gasteiger partial charge in [-0.15, -0.1) is 11.3 Å². The van der Waals surface area contributed by atoms with Crippen molar-refractivity contribution in [3.63, 3.8) is 0 Å². The zero-order valence-corrected chi connectivity index (χ0v) is 16.4. The topological polar surface area (TPSA) is 46.1 Å². The molecule has 0 bridgehead atoms. The predicted octanol–water partition coefficient (Wildman–Crippen LogP) is 4.15. The molecule has 0 radical (unpaired) electrons. The Hall–Kier alpha value is -2.18. The zero-order chi connectivity index (χ0) is 19.1. The van der Waals surface area contributed by atoms with Crippen molar-refractivity contribution >= 4 is 27.9 Å². The van der Waals surface area contributed by atoms with E-state index >= 15 is 0 Å². The first-order chi connectivity index (χ1) is 13.6. The fraction of sp³-hybridized carbons (Fsp3) is 0.409. The molecule has 0 atom stereocenters. The third-order valence-electron chi connectivity index (χ3n) is 6.18. The number of hydrogen-bond acceptors (Lipinski definition) is 5. The molecule has 1 saturated carbocycles. The quantitative estimate of drug-likeness (QED) is 0.629. The Bertz CT molecular complexity index is 1010. The first-order valence-electron chi connectivity index (χ1n) is 9.73. The van der Waals surface area contributed by atoms with E-state index in [1.807, 2.05) is 24.0 Å². The van der Waals surface area contributed by atoms with E-state index in [-0.39, 0.29) is 18.0 Å². The van der Waals surface area contributed by atoms with E-state index in [1.54, 1.807) is 11.3 Å². The Morgan fingerprint density at radius 3 is 2.82 bits per heavy atom. The summed E-state index contributed by atoms with van der Waals surface area (Å²) < 4.78 is 12.4. The number of ketones is 1. The summed E-state index contributed by atoms with van der Waals surface area (Å²) in [6, 6.07) is 8.34. The van der Waals surface area contributed by atoms with E-state index in [0.717, 1.165) is 52.8 Å². The molecule has 144 valence electrons. The van der Waals surface area contributed by atoms with Crippen molar-refractivity contribution < 1.29 is 9.18 Å². The van der Waals surface area contributed by atoms with E-state index in [9.17, 15) is 9.18 Å². The normalized spacial score (nSPS) is 18.9. The average molecular weight is 396 g/mol. The maximum Gasteiger partial charge on any atom is 0.141 e. The second-order valence-electron chi connectivity index (χ2n) is 8.25. The van der Waals surface area contributed by atoms with Crippen LogP contribution in [0.15, 0.2) is 42.2 Å². The Labute approximate surface area is 167 Å². The maximum absolute atomic E-state index is 12.7. The largest absolute Gasteiger partial charge is 0.300 e. The Kier molecular flexibility index (Phi) is 4.48. The van der Waals surface area contributed by atoms with Gasteiger partial charge in [0.25, 0.3) is 0 Å². The predicted molar refractivity (Wildman–Crippen MR) is 109 cm³/mol. The number of likely N-dealkylation sites (tertiary alicyclic amines) is 1. The van der Waals surface area contributed by atoms with E-state index < -0.39 is 0 Å². The van der Waals surface area contributed by atoms with Gasteiger partial charge in [-0.1, -0.05) is 12.1 Å². The lowest BCUT2D eigenvalue weighted by Crippen LogP contribution is -2.63. The summed E-state index contributed by atoms with van der Waals surface area (Å²) >= 11 is 1.62. The second kappa shape index (κ2) is 7.01. The first-order valence-corrected chi connectivity index (χ1v) is 10.6. The van der Waals surface area contributed by atoms with Crippen LogP contribution >= 0.6 is 11.3 Å². The van der Waals surface area contributed by atoms with Crippen LogP contribution in [0.5, 0.6) is 0 Å². The number of benzene rings is 1. The molecule has 3 aromatic rings. The molecule has 0 N–H and O–H groups in total. The van der Waals surface area contributed by atoms with Crippen molar-refractivity contribution in [2.75, 3.05) is 26.3 Å². The molecule has 2 fully saturated rings. The summed E-state index contributed by atoms with van der Waals surface area (Å²) in [6.07, 6.45) is 6.04. The molecule has 1 aliphatic heterocycles. The van der Waals surface area contributed by atoms with Crippen LogP contribution in [0.1, 0.15) is 18.5 Å². The molecule has 1 saturated heterocycles. The van der Waals surface area contributed by atoms with Crippen LogP contribution in [0.25, 0.3) is 21.2 Å². The fourth-order valence-corrected chi connectivity index (χ4v) is 5.39. The molecule has 6 heteroatoms. The van der Waals surface area contributed by atoms with Crippen LogP contribution in [-0.4, -0.2) is 47.0 Å². The lowest BCUT2D eigenvalue weighted by molar-refractivity contribution is -0.141. The number of alkyl halides is 1. The summed E-state index contributed by atoms with van der Waals surface area (Å²) in [6.45, 7) is 2.16. The highest BCUT2D eigenvalue weighted by Gasteiger charge is 2.53. The van der Waals surface area contributed by atoms with Gasteiger partial charge in [0, 0.05) is 55.4 Å². The molecule has 2 aliphatic rings. The van der Waals surface area contributed by atoms with Crippen molar-refractivity contribution in [2.45, 2.75) is 19.3 Å². The third-order valence-corrected chi connectivity index (χ3v) is 7.01. The number of carbonyl (C=O) groups excluding carboxylic acids is 1. The molecule has 1 spiro atoms. The van der Waals surface area contributed by atoms with E-state index in [0.29, 0.717) is 18.7 Å². The molecule has 5 rings (SSSR count). The zero-order valence-electron chi connectivity index (χ0n) is 15.6. The minimum atomic E-state index is -0.281. The van der Waals surface area contributed by atoms with Crippen molar-refractivity contribution in [1.82, 2.24) is 14.9 Å². The monoisotopic (exact) mass is 395 g/mol. The fourth-order valence-electron chi connectivity index (χ4n) is 4.77. The van der Waals surface area contributed by atoms with E-state index in [4.69, 9.17) is 0 Å². The molecule has 0 amide bonds. The Morgan fingerprint density at radius 1 is 1.21 bits per heavy atom. The van der Waals surface area contributed by atoms with Crippen LogP contribution in [0.3, 0.4) is 0 Å². The summed E-state index contributed by atoms with van der Waals surface area (Å²) in [7, 11) is 0. The standard InChI is InChI=1S/C22H22FN3OS/c23-3-4-26-12-22(13-26)8-18(9-22)20(27)7-19-6-17-5-15(21-11-24-14-28-21)1-2-16(17)10-25-19/h1-2,5-6,10-11,14,18H,3-4,7-9,12-13H2. The summed E-state index contributed by atoms with van der Waals surface area (Å²) in [4.78, 5) is 24.6. The van der Waals surface area contributed by atoms with Gasteiger partial charge in [-0.3, -0.25) is 19.7 Å². The number of halogens is 1. The van der Waals surface area contributed by atoms with Gasteiger partial charge in [0.1, 0.15) is 12.5 Å². The number of aromatic nitrogens is 2. The van der Waals surface area contributed by atoms with Gasteiger partial charge in [0.2, 0.25) is 0 Å². The average Bonchev–Trinajstić information content (AvgIpc) is 3.16. The molecular formula is C22H22FN3OS. The number of carbonyl (C=O) groups is 1. The highest BCUT2D eigenvalue weighted by Crippen LogP contribution is 2.52. The minimum absolute atomic E-state index is 0.147. The molecule has 3 heterocycles. The molecule has 2 aromatic heterocycles. The number of rotatable bonds is 6. The molecule has 0 unspecified atom stereocenters. The lowest BCUT2D eigenvalue weighted by Gasteiger charge is -2.58. The van der Waals surface area contributed by atoms with Crippen LogP contribution < -0.4 is 0 Å².